The monoisotopic (exact) mass is 491 g/mol. The van der Waals surface area contributed by atoms with Crippen LogP contribution in [0.2, 0.25) is 0 Å². The fourth-order valence-electron chi connectivity index (χ4n) is 4.08. The molecule has 4 rings (SSSR count). The number of sulfone groups is 1. The van der Waals surface area contributed by atoms with Crippen LogP contribution in [-0.2, 0) is 19.3 Å². The Labute approximate surface area is 197 Å². The first kappa shape index (κ1) is 24.0. The highest BCUT2D eigenvalue weighted by Gasteiger charge is 2.25. The Balaban J connectivity index is 1.61. The molecule has 33 heavy (non-hydrogen) atoms. The average Bonchev–Trinajstić information content (AvgIpc) is 3.48. The number of aliphatic hydroxyl groups is 1. The number of thiazole rings is 1. The Morgan fingerprint density at radius 3 is 2.67 bits per heavy atom. The Hall–Kier alpha value is -2.11. The first-order valence-corrected chi connectivity index (χ1v) is 13.6. The number of aromatic amines is 1. The van der Waals surface area contributed by atoms with Crippen LogP contribution in [0.25, 0.3) is 10.7 Å². The van der Waals surface area contributed by atoms with Crippen LogP contribution in [0.15, 0.2) is 41.6 Å². The lowest BCUT2D eigenvalue weighted by Crippen LogP contribution is -2.19. The van der Waals surface area contributed by atoms with Crippen molar-refractivity contribution in [2.45, 2.75) is 36.2 Å². The van der Waals surface area contributed by atoms with Gasteiger partial charge in [-0.05, 0) is 49.4 Å². The number of aliphatic hydroxyl groups excluding tert-OH is 1. The molecule has 3 aromatic rings. The number of nitrogens with zero attached hydrogens (tertiary/aromatic N) is 2. The second-order valence-electron chi connectivity index (χ2n) is 8.40. The third-order valence-corrected chi connectivity index (χ3v) is 8.17. The molecule has 0 amide bonds. The van der Waals surface area contributed by atoms with Gasteiger partial charge in [0.05, 0.1) is 22.1 Å². The molecule has 2 unspecified atom stereocenters. The topological polar surface area (TPSA) is 114 Å². The maximum Gasteiger partial charge on any atom is 0.177 e. The molecule has 2 N–H and O–H groups in total. The summed E-state index contributed by atoms with van der Waals surface area (Å²) in [6, 6.07) is 7.47. The number of ether oxygens (including phenoxy) is 2. The average molecular weight is 492 g/mol. The summed E-state index contributed by atoms with van der Waals surface area (Å²) in [5.41, 5.74) is 2.71. The molecule has 1 saturated heterocycles. The molecule has 10 heteroatoms. The SMILES string of the molecule is COCC(O)c1cnc(-c2ccc(C(CC3CCOCC3)c3ccc(S(C)(=O)=O)cn3)[nH]2)s1. The number of hydrogen-bond donors (Lipinski definition) is 2. The van der Waals surface area contributed by atoms with Crippen LogP contribution >= 0.6 is 11.3 Å². The van der Waals surface area contributed by atoms with Gasteiger partial charge in [0.1, 0.15) is 11.1 Å². The highest BCUT2D eigenvalue weighted by atomic mass is 32.2. The summed E-state index contributed by atoms with van der Waals surface area (Å²) in [7, 11) is -1.75. The molecule has 3 aromatic heterocycles. The minimum atomic E-state index is -3.30. The standard InChI is InChI=1S/C23H29N3O5S2/c1-30-14-21(27)22-13-25-23(32-22)20-6-5-19(26-20)17(11-15-7-9-31-10-8-15)18-4-3-16(12-24-18)33(2,28)29/h3-6,12-13,15,17,21,26-27H,7-11,14H2,1-2H3. The normalized spacial score (nSPS) is 17.2. The summed E-state index contributed by atoms with van der Waals surface area (Å²) in [5.74, 6) is 0.497. The fourth-order valence-corrected chi connectivity index (χ4v) is 5.51. The van der Waals surface area contributed by atoms with Crippen LogP contribution in [0.3, 0.4) is 0 Å². The van der Waals surface area contributed by atoms with Gasteiger partial charge in [-0.25, -0.2) is 13.4 Å². The molecule has 1 aliphatic heterocycles. The number of hydrogen-bond acceptors (Lipinski definition) is 8. The quantitative estimate of drug-likeness (QED) is 0.470. The maximum absolute atomic E-state index is 11.9. The number of pyridine rings is 1. The number of aromatic nitrogens is 3. The van der Waals surface area contributed by atoms with Gasteiger partial charge in [0.2, 0.25) is 0 Å². The molecule has 0 radical (unpaired) electrons. The van der Waals surface area contributed by atoms with Crippen molar-refractivity contribution < 1.29 is 23.0 Å². The number of rotatable bonds is 9. The summed E-state index contributed by atoms with van der Waals surface area (Å²) >= 11 is 1.42. The highest BCUT2D eigenvalue weighted by molar-refractivity contribution is 7.90. The van der Waals surface area contributed by atoms with E-state index in [0.717, 1.165) is 59.4 Å². The zero-order valence-corrected chi connectivity index (χ0v) is 20.4. The van der Waals surface area contributed by atoms with Crippen LogP contribution < -0.4 is 0 Å². The molecular weight excluding hydrogens is 462 g/mol. The second kappa shape index (κ2) is 10.4. The lowest BCUT2D eigenvalue weighted by Gasteiger charge is -2.26. The largest absolute Gasteiger partial charge is 0.385 e. The van der Waals surface area contributed by atoms with Gasteiger partial charge in [0.25, 0.3) is 0 Å². The zero-order chi connectivity index (χ0) is 23.4. The first-order chi connectivity index (χ1) is 15.8. The molecule has 0 bridgehead atoms. The molecule has 1 fully saturated rings. The predicted octanol–water partition coefficient (Wildman–Crippen LogP) is 3.57. The van der Waals surface area contributed by atoms with Crippen molar-refractivity contribution in [1.29, 1.82) is 0 Å². The van der Waals surface area contributed by atoms with Crippen molar-refractivity contribution in [3.8, 4) is 10.7 Å². The molecule has 8 nitrogen and oxygen atoms in total. The minimum absolute atomic E-state index is 0.00558. The van der Waals surface area contributed by atoms with Gasteiger partial charge < -0.3 is 19.6 Å². The molecule has 0 aliphatic carbocycles. The van der Waals surface area contributed by atoms with Gasteiger partial charge in [-0.2, -0.15) is 0 Å². The van der Waals surface area contributed by atoms with Crippen molar-refractivity contribution in [2.24, 2.45) is 5.92 Å². The second-order valence-corrected chi connectivity index (χ2v) is 11.5. The summed E-state index contributed by atoms with van der Waals surface area (Å²) in [6.07, 6.45) is 6.49. The zero-order valence-electron chi connectivity index (χ0n) is 18.7. The molecule has 0 aromatic carbocycles. The summed E-state index contributed by atoms with van der Waals surface area (Å²) in [4.78, 5) is 13.4. The lowest BCUT2D eigenvalue weighted by atomic mass is 9.85. The van der Waals surface area contributed by atoms with Crippen molar-refractivity contribution in [1.82, 2.24) is 15.0 Å². The molecule has 1 aliphatic rings. The fraction of sp³-hybridized carbons (Fsp3) is 0.478. The van der Waals surface area contributed by atoms with Crippen molar-refractivity contribution in [3.63, 3.8) is 0 Å². The Kier molecular flexibility index (Phi) is 7.60. The minimum Gasteiger partial charge on any atom is -0.385 e. The third-order valence-electron chi connectivity index (χ3n) is 5.95. The van der Waals surface area contributed by atoms with E-state index in [9.17, 15) is 13.5 Å². The van der Waals surface area contributed by atoms with Crippen LogP contribution in [0.5, 0.6) is 0 Å². The van der Waals surface area contributed by atoms with Gasteiger partial charge in [-0.1, -0.05) is 0 Å². The van der Waals surface area contributed by atoms with E-state index in [1.54, 1.807) is 19.4 Å². The van der Waals surface area contributed by atoms with Crippen molar-refractivity contribution >= 4 is 21.2 Å². The van der Waals surface area contributed by atoms with E-state index in [4.69, 9.17) is 9.47 Å². The molecule has 178 valence electrons. The van der Waals surface area contributed by atoms with Gasteiger partial charge >= 0.3 is 0 Å². The van der Waals surface area contributed by atoms with E-state index < -0.39 is 15.9 Å². The van der Waals surface area contributed by atoms with Gasteiger partial charge in [-0.3, -0.25) is 4.98 Å². The Morgan fingerprint density at radius 1 is 1.21 bits per heavy atom. The third kappa shape index (κ3) is 5.88. The molecular formula is C23H29N3O5S2. The Bertz CT molecular complexity index is 1150. The van der Waals surface area contributed by atoms with E-state index in [1.165, 1.54) is 23.8 Å². The van der Waals surface area contributed by atoms with Gasteiger partial charge in [-0.15, -0.1) is 11.3 Å². The van der Waals surface area contributed by atoms with Gasteiger partial charge in [0, 0.05) is 56.3 Å². The first-order valence-electron chi connectivity index (χ1n) is 10.9. The molecule has 0 saturated carbocycles. The van der Waals surface area contributed by atoms with E-state index in [-0.39, 0.29) is 17.4 Å². The summed E-state index contributed by atoms with van der Waals surface area (Å²) in [5, 5.41) is 10.9. The van der Waals surface area contributed by atoms with Crippen LogP contribution in [0.4, 0.5) is 0 Å². The van der Waals surface area contributed by atoms with E-state index >= 15 is 0 Å². The maximum atomic E-state index is 11.9. The number of H-pyrrole nitrogens is 1. The van der Waals surface area contributed by atoms with E-state index in [2.05, 4.69) is 15.0 Å². The lowest BCUT2D eigenvalue weighted by molar-refractivity contribution is 0.0625. The number of nitrogens with one attached hydrogen (secondary N) is 1. The highest BCUT2D eigenvalue weighted by Crippen LogP contribution is 2.36. The Morgan fingerprint density at radius 2 is 2.00 bits per heavy atom. The van der Waals surface area contributed by atoms with Crippen LogP contribution in [0.1, 0.15) is 47.5 Å². The van der Waals surface area contributed by atoms with Crippen LogP contribution in [0, 0.1) is 5.92 Å². The number of methoxy groups -OCH3 is 1. The predicted molar refractivity (Wildman–Crippen MR) is 126 cm³/mol. The van der Waals surface area contributed by atoms with Crippen molar-refractivity contribution in [3.05, 3.63) is 52.9 Å². The molecule has 4 heterocycles. The van der Waals surface area contributed by atoms with E-state index in [0.29, 0.717) is 5.92 Å². The smallest absolute Gasteiger partial charge is 0.177 e. The molecule has 0 spiro atoms. The summed E-state index contributed by atoms with van der Waals surface area (Å²) < 4.78 is 34.3. The van der Waals surface area contributed by atoms with E-state index in [1.807, 2.05) is 18.2 Å². The summed E-state index contributed by atoms with van der Waals surface area (Å²) in [6.45, 7) is 1.75. The molecule has 2 atom stereocenters. The van der Waals surface area contributed by atoms with Gasteiger partial charge in [0.15, 0.2) is 9.84 Å². The van der Waals surface area contributed by atoms with Crippen LogP contribution in [-0.4, -0.2) is 61.7 Å². The van der Waals surface area contributed by atoms with Crippen molar-refractivity contribution in [2.75, 3.05) is 33.2 Å².